The van der Waals surface area contributed by atoms with Crippen molar-refractivity contribution in [1.29, 1.82) is 0 Å². The van der Waals surface area contributed by atoms with E-state index in [1.165, 1.54) is 17.4 Å². The molecule has 1 aliphatic carbocycles. The molecule has 0 spiro atoms. The van der Waals surface area contributed by atoms with Crippen LogP contribution in [0.1, 0.15) is 37.1 Å². The molecule has 1 saturated carbocycles. The highest BCUT2D eigenvalue weighted by molar-refractivity contribution is 7.14. The van der Waals surface area contributed by atoms with E-state index in [1.807, 2.05) is 5.38 Å². The van der Waals surface area contributed by atoms with Crippen molar-refractivity contribution >= 4 is 34.5 Å². The number of nitrogens with zero attached hydrogens (tertiary/aromatic N) is 1. The summed E-state index contributed by atoms with van der Waals surface area (Å²) in [5.74, 6) is -0.270. The van der Waals surface area contributed by atoms with E-state index < -0.39 is 11.1 Å². The fraction of sp³-hybridized carbons (Fsp3) is 0.412. The molecule has 1 saturated heterocycles. The Morgan fingerprint density at radius 3 is 2.58 bits per heavy atom. The molecule has 2 aromatic rings. The van der Waals surface area contributed by atoms with Crippen LogP contribution in [0.2, 0.25) is 0 Å². The van der Waals surface area contributed by atoms with Gasteiger partial charge in [0.2, 0.25) is 0 Å². The molecule has 3 atom stereocenters. The quantitative estimate of drug-likeness (QED) is 0.851. The van der Waals surface area contributed by atoms with Crippen LogP contribution in [0.15, 0.2) is 29.6 Å². The van der Waals surface area contributed by atoms with E-state index in [-0.39, 0.29) is 34.7 Å². The second-order valence-corrected chi connectivity index (χ2v) is 8.61. The number of rotatable bonds is 3. The number of fused-ring (bicyclic) bond motifs is 2. The molecule has 0 aromatic carbocycles. The van der Waals surface area contributed by atoms with Gasteiger partial charge in [-0.3, -0.25) is 9.59 Å². The molecule has 2 aliphatic rings. The van der Waals surface area contributed by atoms with Gasteiger partial charge in [-0.25, -0.2) is 0 Å². The van der Waals surface area contributed by atoms with Gasteiger partial charge in [0.25, 0.3) is 11.8 Å². The highest BCUT2D eigenvalue weighted by atomic mass is 32.1. The Labute approximate surface area is 155 Å². The predicted molar refractivity (Wildman–Crippen MR) is 92.4 cm³/mol. The number of carbonyl (C=O) groups is 2. The number of hydrogen-bond donors (Lipinski definition) is 1. The van der Waals surface area contributed by atoms with Crippen LogP contribution in [0.3, 0.4) is 0 Å². The van der Waals surface area contributed by atoms with Gasteiger partial charge in [-0.15, -0.1) is 22.7 Å². The Balaban J connectivity index is 1.47. The number of carbonyl (C=O) groups excluding carboxylic acids is 2. The van der Waals surface area contributed by atoms with Crippen molar-refractivity contribution in [3.8, 4) is 0 Å². The molecule has 138 valence electrons. The molecule has 2 bridgehead atoms. The van der Waals surface area contributed by atoms with E-state index in [2.05, 4.69) is 5.32 Å². The summed E-state index contributed by atoms with van der Waals surface area (Å²) in [5.41, 5.74) is 0. The summed E-state index contributed by atoms with van der Waals surface area (Å²) in [6.45, 7) is 0.536. The highest BCUT2D eigenvalue weighted by Crippen LogP contribution is 2.40. The van der Waals surface area contributed by atoms with Gasteiger partial charge < -0.3 is 10.2 Å². The first-order valence-corrected chi connectivity index (χ1v) is 9.85. The largest absolute Gasteiger partial charge is 0.425 e. The summed E-state index contributed by atoms with van der Waals surface area (Å²) < 4.78 is 38.3. The van der Waals surface area contributed by atoms with Gasteiger partial charge in [0, 0.05) is 12.6 Å². The smallest absolute Gasteiger partial charge is 0.347 e. The first-order chi connectivity index (χ1) is 12.3. The van der Waals surface area contributed by atoms with Gasteiger partial charge >= 0.3 is 6.18 Å². The van der Waals surface area contributed by atoms with E-state index in [4.69, 9.17) is 0 Å². The van der Waals surface area contributed by atoms with E-state index in [1.54, 1.807) is 17.0 Å². The van der Waals surface area contributed by atoms with Crippen molar-refractivity contribution in [3.05, 3.63) is 44.3 Å². The topological polar surface area (TPSA) is 49.4 Å². The molecule has 2 amide bonds. The number of likely N-dealkylation sites (tertiary alicyclic amines) is 1. The second kappa shape index (κ2) is 6.38. The Morgan fingerprint density at radius 2 is 1.96 bits per heavy atom. The minimum atomic E-state index is -4.44. The minimum absolute atomic E-state index is 0.0909. The van der Waals surface area contributed by atoms with E-state index in [9.17, 15) is 22.8 Å². The molecular weight excluding hydrogens is 385 g/mol. The van der Waals surface area contributed by atoms with Crippen molar-refractivity contribution in [2.24, 2.45) is 5.92 Å². The number of halogens is 3. The van der Waals surface area contributed by atoms with Crippen LogP contribution in [0, 0.1) is 5.92 Å². The average molecular weight is 400 g/mol. The van der Waals surface area contributed by atoms with Gasteiger partial charge in [0.05, 0.1) is 15.8 Å². The van der Waals surface area contributed by atoms with Crippen molar-refractivity contribution in [3.63, 3.8) is 0 Å². The maximum Gasteiger partial charge on any atom is 0.425 e. The zero-order valence-electron chi connectivity index (χ0n) is 13.5. The Hall–Kier alpha value is -1.87. The molecule has 4 rings (SSSR count). The number of piperidine rings is 1. The van der Waals surface area contributed by atoms with Gasteiger partial charge in [-0.1, -0.05) is 6.07 Å². The zero-order chi connectivity index (χ0) is 18.5. The van der Waals surface area contributed by atoms with Crippen molar-refractivity contribution in [2.45, 2.75) is 31.1 Å². The van der Waals surface area contributed by atoms with Crippen LogP contribution in [-0.4, -0.2) is 35.3 Å². The monoisotopic (exact) mass is 400 g/mol. The Morgan fingerprint density at radius 1 is 1.15 bits per heavy atom. The molecule has 1 N–H and O–H groups in total. The number of amides is 2. The van der Waals surface area contributed by atoms with Crippen molar-refractivity contribution in [2.75, 3.05) is 6.54 Å². The van der Waals surface area contributed by atoms with Crippen LogP contribution in [0.25, 0.3) is 0 Å². The number of nitrogens with one attached hydrogen (secondary N) is 1. The molecular formula is C17H15F3N2O2S2. The van der Waals surface area contributed by atoms with Gasteiger partial charge in [0.15, 0.2) is 0 Å². The molecule has 2 aromatic heterocycles. The predicted octanol–water partition coefficient (Wildman–Crippen LogP) is 3.86. The molecule has 9 heteroatoms. The molecule has 26 heavy (non-hydrogen) atoms. The summed E-state index contributed by atoms with van der Waals surface area (Å²) in [6.07, 6.45) is -2.87. The third-order valence-electron chi connectivity index (χ3n) is 4.90. The Bertz CT molecular complexity index is 831. The fourth-order valence-electron chi connectivity index (χ4n) is 3.81. The van der Waals surface area contributed by atoms with Gasteiger partial charge in [-0.2, -0.15) is 13.2 Å². The van der Waals surface area contributed by atoms with Crippen LogP contribution in [0.5, 0.6) is 0 Å². The molecule has 3 unspecified atom stereocenters. The third kappa shape index (κ3) is 3.14. The molecule has 4 nitrogen and oxygen atoms in total. The fourth-order valence-corrected chi connectivity index (χ4v) is 5.26. The second-order valence-electron chi connectivity index (χ2n) is 6.58. The zero-order valence-corrected chi connectivity index (χ0v) is 15.1. The van der Waals surface area contributed by atoms with Crippen LogP contribution in [-0.2, 0) is 6.18 Å². The minimum Gasteiger partial charge on any atom is -0.347 e. The highest BCUT2D eigenvalue weighted by Gasteiger charge is 2.48. The first kappa shape index (κ1) is 17.5. The van der Waals surface area contributed by atoms with E-state index in [0.717, 1.165) is 18.9 Å². The lowest BCUT2D eigenvalue weighted by Gasteiger charge is -2.33. The van der Waals surface area contributed by atoms with E-state index >= 15 is 0 Å². The van der Waals surface area contributed by atoms with Crippen LogP contribution < -0.4 is 5.32 Å². The molecule has 1 aliphatic heterocycles. The lowest BCUT2D eigenvalue weighted by atomic mass is 10.1. The maximum absolute atomic E-state index is 12.8. The van der Waals surface area contributed by atoms with Crippen LogP contribution >= 0.6 is 22.7 Å². The normalized spacial score (nSPS) is 24.9. The third-order valence-corrected chi connectivity index (χ3v) is 6.89. The maximum atomic E-state index is 12.8. The SMILES string of the molecule is O=C(NC1CC2CC1N(C(=O)c1ccc(C(F)(F)F)s1)C2)c1cccs1. The summed E-state index contributed by atoms with van der Waals surface area (Å²) in [6, 6.07) is 5.40. The summed E-state index contributed by atoms with van der Waals surface area (Å²) >= 11 is 1.82. The number of thiophene rings is 2. The van der Waals surface area contributed by atoms with Crippen molar-refractivity contribution < 1.29 is 22.8 Å². The van der Waals surface area contributed by atoms with Crippen molar-refractivity contribution in [1.82, 2.24) is 10.2 Å². The van der Waals surface area contributed by atoms with Gasteiger partial charge in [-0.05, 0) is 42.3 Å². The average Bonchev–Trinajstić information content (AvgIpc) is 3.35. The lowest BCUT2D eigenvalue weighted by Crippen LogP contribution is -2.51. The standard InChI is InChI=1S/C17H15F3N2O2S2/c18-17(19,20)14-4-3-13(26-14)16(24)22-8-9-6-10(11(22)7-9)21-15(23)12-2-1-5-25-12/h1-5,9-11H,6-8H2,(H,21,23). The number of alkyl halides is 3. The Kier molecular flexibility index (Phi) is 4.31. The first-order valence-electron chi connectivity index (χ1n) is 8.15. The molecule has 3 heterocycles. The number of hydrogen-bond acceptors (Lipinski definition) is 4. The summed E-state index contributed by atoms with van der Waals surface area (Å²) in [4.78, 5) is 26.5. The summed E-state index contributed by atoms with van der Waals surface area (Å²) in [7, 11) is 0. The van der Waals surface area contributed by atoms with Crippen LogP contribution in [0.4, 0.5) is 13.2 Å². The summed E-state index contributed by atoms with van der Waals surface area (Å²) in [5, 5.41) is 4.80. The van der Waals surface area contributed by atoms with E-state index in [0.29, 0.717) is 22.8 Å². The molecule has 2 fully saturated rings. The molecule has 0 radical (unpaired) electrons. The van der Waals surface area contributed by atoms with Gasteiger partial charge in [0.1, 0.15) is 4.88 Å². The lowest BCUT2D eigenvalue weighted by molar-refractivity contribution is -0.134.